The molecule has 1 atom stereocenters. The number of methoxy groups -OCH3 is 1. The smallest absolute Gasteiger partial charge is 0.310 e. The highest BCUT2D eigenvalue weighted by atomic mass is 16.5. The highest BCUT2D eigenvalue weighted by Gasteiger charge is 2.14. The number of aryl methyl sites for hydroxylation is 1. The van der Waals surface area contributed by atoms with Gasteiger partial charge in [0.25, 0.3) is 0 Å². The first-order chi connectivity index (χ1) is 11.5. The second-order valence-corrected chi connectivity index (χ2v) is 5.55. The van der Waals surface area contributed by atoms with Crippen LogP contribution in [-0.4, -0.2) is 24.1 Å². The number of hydrogen-bond donors (Lipinski definition) is 2. The predicted octanol–water partition coefficient (Wildman–Crippen LogP) is 3.45. The molecule has 2 aromatic rings. The molecule has 24 heavy (non-hydrogen) atoms. The van der Waals surface area contributed by atoms with Crippen molar-refractivity contribution in [3.63, 3.8) is 0 Å². The van der Waals surface area contributed by atoms with Gasteiger partial charge in [-0.15, -0.1) is 0 Å². The summed E-state index contributed by atoms with van der Waals surface area (Å²) < 4.78 is 5.27. The SMILES string of the molecule is COc1ccccc1CCC(=O)Nc1cccc(C(C)C(=O)O)c1. The van der Waals surface area contributed by atoms with Crippen molar-refractivity contribution in [3.8, 4) is 5.75 Å². The number of anilines is 1. The quantitative estimate of drug-likeness (QED) is 0.816. The number of carbonyl (C=O) groups is 2. The van der Waals surface area contributed by atoms with Crippen molar-refractivity contribution in [1.29, 1.82) is 0 Å². The molecule has 0 aliphatic rings. The number of ether oxygens (including phenoxy) is 1. The number of aliphatic carboxylic acids is 1. The lowest BCUT2D eigenvalue weighted by atomic mass is 10.0. The molecule has 0 spiro atoms. The first-order valence-corrected chi connectivity index (χ1v) is 7.75. The molecule has 1 unspecified atom stereocenters. The number of rotatable bonds is 7. The summed E-state index contributed by atoms with van der Waals surface area (Å²) in [7, 11) is 1.61. The van der Waals surface area contributed by atoms with Crippen molar-refractivity contribution < 1.29 is 19.4 Å². The Morgan fingerprint density at radius 3 is 2.62 bits per heavy atom. The van der Waals surface area contributed by atoms with Crippen molar-refractivity contribution in [1.82, 2.24) is 0 Å². The van der Waals surface area contributed by atoms with Crippen LogP contribution in [0.5, 0.6) is 5.75 Å². The fourth-order valence-electron chi connectivity index (χ4n) is 2.41. The monoisotopic (exact) mass is 327 g/mol. The molecule has 0 saturated heterocycles. The molecule has 2 aromatic carbocycles. The van der Waals surface area contributed by atoms with Crippen LogP contribution >= 0.6 is 0 Å². The number of carboxylic acids is 1. The maximum atomic E-state index is 12.1. The summed E-state index contributed by atoms with van der Waals surface area (Å²) in [6, 6.07) is 14.5. The average Bonchev–Trinajstić information content (AvgIpc) is 2.59. The Hall–Kier alpha value is -2.82. The van der Waals surface area contributed by atoms with E-state index in [2.05, 4.69) is 5.32 Å². The van der Waals surface area contributed by atoms with E-state index in [1.54, 1.807) is 38.3 Å². The van der Waals surface area contributed by atoms with E-state index in [-0.39, 0.29) is 5.91 Å². The number of hydrogen-bond acceptors (Lipinski definition) is 3. The molecule has 0 saturated carbocycles. The van der Waals surface area contributed by atoms with Crippen LogP contribution in [0.15, 0.2) is 48.5 Å². The van der Waals surface area contributed by atoms with Crippen molar-refractivity contribution in [2.45, 2.75) is 25.7 Å². The van der Waals surface area contributed by atoms with Crippen LogP contribution in [0, 0.1) is 0 Å². The van der Waals surface area contributed by atoms with Crippen molar-refractivity contribution >= 4 is 17.6 Å². The van der Waals surface area contributed by atoms with E-state index in [0.29, 0.717) is 24.1 Å². The van der Waals surface area contributed by atoms with Crippen molar-refractivity contribution in [2.75, 3.05) is 12.4 Å². The van der Waals surface area contributed by atoms with Crippen molar-refractivity contribution in [3.05, 3.63) is 59.7 Å². The van der Waals surface area contributed by atoms with Crippen LogP contribution in [0.25, 0.3) is 0 Å². The molecular weight excluding hydrogens is 306 g/mol. The first kappa shape index (κ1) is 17.5. The van der Waals surface area contributed by atoms with Gasteiger partial charge in [-0.05, 0) is 42.7 Å². The maximum Gasteiger partial charge on any atom is 0.310 e. The molecule has 0 bridgehead atoms. The van der Waals surface area contributed by atoms with Crippen LogP contribution < -0.4 is 10.1 Å². The zero-order valence-electron chi connectivity index (χ0n) is 13.8. The number of carbonyl (C=O) groups excluding carboxylic acids is 1. The topological polar surface area (TPSA) is 75.6 Å². The number of para-hydroxylation sites is 1. The molecule has 5 nitrogen and oxygen atoms in total. The molecule has 0 fully saturated rings. The van der Waals surface area contributed by atoms with Crippen LogP contribution in [0.3, 0.4) is 0 Å². The standard InChI is InChI=1S/C19H21NO4/c1-13(19(22)23)15-7-5-8-16(12-15)20-18(21)11-10-14-6-3-4-9-17(14)24-2/h3-9,12-13H,10-11H2,1-2H3,(H,20,21)(H,22,23). The van der Waals surface area contributed by atoms with Gasteiger partial charge in [-0.25, -0.2) is 0 Å². The molecule has 0 radical (unpaired) electrons. The van der Waals surface area contributed by atoms with Gasteiger partial charge in [0.1, 0.15) is 5.75 Å². The molecule has 2 rings (SSSR count). The van der Waals surface area contributed by atoms with Crippen LogP contribution in [0.4, 0.5) is 5.69 Å². The molecule has 0 aliphatic heterocycles. The maximum absolute atomic E-state index is 12.1. The van der Waals surface area contributed by atoms with Gasteiger partial charge in [-0.1, -0.05) is 30.3 Å². The average molecular weight is 327 g/mol. The Morgan fingerprint density at radius 1 is 1.17 bits per heavy atom. The van der Waals surface area contributed by atoms with E-state index >= 15 is 0 Å². The van der Waals surface area contributed by atoms with Crippen molar-refractivity contribution in [2.24, 2.45) is 0 Å². The minimum Gasteiger partial charge on any atom is -0.496 e. The van der Waals surface area contributed by atoms with E-state index < -0.39 is 11.9 Å². The number of benzene rings is 2. The third-order valence-electron chi connectivity index (χ3n) is 3.85. The molecule has 2 N–H and O–H groups in total. The number of carboxylic acid groups (broad SMARTS) is 1. The fourth-order valence-corrected chi connectivity index (χ4v) is 2.41. The molecule has 0 heterocycles. The van der Waals surface area contributed by atoms with E-state index in [1.807, 2.05) is 24.3 Å². The summed E-state index contributed by atoms with van der Waals surface area (Å²) in [6.45, 7) is 1.62. The van der Waals surface area contributed by atoms with E-state index in [9.17, 15) is 9.59 Å². The van der Waals surface area contributed by atoms with Gasteiger partial charge < -0.3 is 15.2 Å². The highest BCUT2D eigenvalue weighted by molar-refractivity contribution is 5.91. The van der Waals surface area contributed by atoms with E-state index in [1.165, 1.54) is 0 Å². The summed E-state index contributed by atoms with van der Waals surface area (Å²) >= 11 is 0. The van der Waals surface area contributed by atoms with Crippen LogP contribution in [0.2, 0.25) is 0 Å². The van der Waals surface area contributed by atoms with Gasteiger partial charge in [0.05, 0.1) is 13.0 Å². The molecule has 0 aliphatic carbocycles. The Balaban J connectivity index is 1.97. The van der Waals surface area contributed by atoms with Gasteiger partial charge >= 0.3 is 5.97 Å². The Kier molecular flexibility index (Phi) is 5.95. The predicted molar refractivity (Wildman–Crippen MR) is 92.4 cm³/mol. The third kappa shape index (κ3) is 4.59. The Morgan fingerprint density at radius 2 is 1.92 bits per heavy atom. The highest BCUT2D eigenvalue weighted by Crippen LogP contribution is 2.21. The lowest BCUT2D eigenvalue weighted by molar-refractivity contribution is -0.138. The molecule has 0 aromatic heterocycles. The van der Waals surface area contributed by atoms with Gasteiger partial charge in [0.15, 0.2) is 0 Å². The van der Waals surface area contributed by atoms with Crippen LogP contribution in [0.1, 0.15) is 30.4 Å². The zero-order valence-corrected chi connectivity index (χ0v) is 13.8. The second-order valence-electron chi connectivity index (χ2n) is 5.55. The molecule has 126 valence electrons. The number of amides is 1. The minimum atomic E-state index is -0.894. The third-order valence-corrected chi connectivity index (χ3v) is 3.85. The summed E-state index contributed by atoms with van der Waals surface area (Å²) in [6.07, 6.45) is 0.889. The minimum absolute atomic E-state index is 0.124. The van der Waals surface area contributed by atoms with Gasteiger partial charge in [0.2, 0.25) is 5.91 Å². The first-order valence-electron chi connectivity index (χ1n) is 7.75. The summed E-state index contributed by atoms with van der Waals surface area (Å²) in [5, 5.41) is 11.9. The molecular formula is C19H21NO4. The van der Waals surface area contributed by atoms with Gasteiger partial charge in [0, 0.05) is 12.1 Å². The normalized spacial score (nSPS) is 11.6. The Bertz CT molecular complexity index is 727. The summed E-state index contributed by atoms with van der Waals surface area (Å²) in [5.41, 5.74) is 2.24. The second kappa shape index (κ2) is 8.15. The van der Waals surface area contributed by atoms with E-state index in [4.69, 9.17) is 9.84 Å². The lowest BCUT2D eigenvalue weighted by Crippen LogP contribution is -2.13. The summed E-state index contributed by atoms with van der Waals surface area (Å²) in [5.74, 6) is -0.867. The van der Waals surface area contributed by atoms with E-state index in [0.717, 1.165) is 11.3 Å². The summed E-state index contributed by atoms with van der Waals surface area (Å²) in [4.78, 5) is 23.2. The Labute approximate surface area is 141 Å². The number of nitrogens with one attached hydrogen (secondary N) is 1. The van der Waals surface area contributed by atoms with Gasteiger partial charge in [-0.3, -0.25) is 9.59 Å². The molecule has 5 heteroatoms. The zero-order chi connectivity index (χ0) is 17.5. The fraction of sp³-hybridized carbons (Fsp3) is 0.263. The van der Waals surface area contributed by atoms with Crippen LogP contribution in [-0.2, 0) is 16.0 Å². The largest absolute Gasteiger partial charge is 0.496 e. The lowest BCUT2D eigenvalue weighted by Gasteiger charge is -2.11. The van der Waals surface area contributed by atoms with Gasteiger partial charge in [-0.2, -0.15) is 0 Å². The molecule has 1 amide bonds.